The molecule has 3 nitrogen and oxygen atoms in total. The number of carboxylic acids is 1. The fourth-order valence-electron chi connectivity index (χ4n) is 0. The molecule has 0 spiro atoms. The van der Waals surface area contributed by atoms with E-state index in [0.717, 1.165) is 0 Å². The molecule has 0 aromatic heterocycles. The second kappa shape index (κ2) is 10.1. The molecule has 0 amide bonds. The average molecular weight is 129 g/mol. The lowest BCUT2D eigenvalue weighted by molar-refractivity contribution is -0.135. The zero-order valence-electron chi connectivity index (χ0n) is 5.64. The minimum atomic E-state index is -0.968. The van der Waals surface area contributed by atoms with Gasteiger partial charge in [-0.25, -0.2) is 0 Å². The Morgan fingerprint density at radius 1 is 1.56 bits per heavy atom. The Morgan fingerprint density at radius 2 is 1.78 bits per heavy atom. The van der Waals surface area contributed by atoms with E-state index in [1.165, 1.54) is 0 Å². The Labute approximate surface area is 54.9 Å². The highest BCUT2D eigenvalue weighted by atomic mass is 16.4. The summed E-state index contributed by atoms with van der Waals surface area (Å²) < 4.78 is 0. The SMILES string of the molecule is CC#CC.NCC(=O)O. The first-order valence-corrected chi connectivity index (χ1v) is 2.44. The molecule has 3 heteroatoms. The Hall–Kier alpha value is -1.01. The summed E-state index contributed by atoms with van der Waals surface area (Å²) in [4.78, 5) is 9.24. The molecular formula is C6H11NO2. The molecule has 0 rings (SSSR count). The van der Waals surface area contributed by atoms with Crippen LogP contribution in [0.1, 0.15) is 13.8 Å². The summed E-state index contributed by atoms with van der Waals surface area (Å²) in [5, 5.41) is 7.60. The van der Waals surface area contributed by atoms with Crippen molar-refractivity contribution >= 4 is 5.97 Å². The first-order chi connectivity index (χ1) is 4.18. The van der Waals surface area contributed by atoms with E-state index in [4.69, 9.17) is 5.11 Å². The Bertz CT molecular complexity index is 115. The zero-order chi connectivity index (χ0) is 7.70. The molecule has 0 radical (unpaired) electrons. The molecule has 3 N–H and O–H groups in total. The Kier molecular flexibility index (Phi) is 12.2. The predicted molar refractivity (Wildman–Crippen MR) is 35.8 cm³/mol. The molecule has 0 aliphatic rings. The molecular weight excluding hydrogens is 118 g/mol. The van der Waals surface area contributed by atoms with Gasteiger partial charge >= 0.3 is 5.97 Å². The quantitative estimate of drug-likeness (QED) is 0.492. The fraction of sp³-hybridized carbons (Fsp3) is 0.500. The van der Waals surface area contributed by atoms with E-state index in [-0.39, 0.29) is 6.54 Å². The number of nitrogens with two attached hydrogens (primary N) is 1. The summed E-state index contributed by atoms with van der Waals surface area (Å²) in [5.74, 6) is 4.39. The zero-order valence-corrected chi connectivity index (χ0v) is 5.64. The standard InChI is InChI=1S/C4H6.C2H5NO2/c1-3-4-2;3-1-2(4)5/h1-2H3;1,3H2,(H,4,5). The molecule has 0 aromatic carbocycles. The van der Waals surface area contributed by atoms with Crippen LogP contribution in [0, 0.1) is 11.8 Å². The molecule has 0 aromatic rings. The third-order valence-corrected chi connectivity index (χ3v) is 0.425. The molecule has 52 valence electrons. The van der Waals surface area contributed by atoms with Crippen molar-refractivity contribution in [3.05, 3.63) is 0 Å². The van der Waals surface area contributed by atoms with Crippen LogP contribution in [0.2, 0.25) is 0 Å². The number of hydrogen-bond donors (Lipinski definition) is 2. The molecule has 0 atom stereocenters. The fourth-order valence-corrected chi connectivity index (χ4v) is 0. The Balaban J connectivity index is 0. The third-order valence-electron chi connectivity index (χ3n) is 0.425. The van der Waals surface area contributed by atoms with Crippen LogP contribution < -0.4 is 5.73 Å². The summed E-state index contributed by atoms with van der Waals surface area (Å²) in [5.41, 5.74) is 4.57. The topological polar surface area (TPSA) is 63.3 Å². The average Bonchev–Trinajstić information content (AvgIpc) is 1.89. The van der Waals surface area contributed by atoms with E-state index in [0.29, 0.717) is 0 Å². The van der Waals surface area contributed by atoms with Crippen LogP contribution >= 0.6 is 0 Å². The minimum Gasteiger partial charge on any atom is -0.480 e. The summed E-state index contributed by atoms with van der Waals surface area (Å²) in [6.07, 6.45) is 0. The lowest BCUT2D eigenvalue weighted by atomic mass is 10.7. The number of carboxylic acid groups (broad SMARTS) is 1. The maximum atomic E-state index is 9.24. The number of hydrogen-bond acceptors (Lipinski definition) is 2. The van der Waals surface area contributed by atoms with Crippen molar-refractivity contribution in [3.8, 4) is 11.8 Å². The van der Waals surface area contributed by atoms with Gasteiger partial charge in [0.25, 0.3) is 0 Å². The second-order valence-corrected chi connectivity index (χ2v) is 1.10. The highest BCUT2D eigenvalue weighted by molar-refractivity contribution is 5.68. The van der Waals surface area contributed by atoms with Gasteiger partial charge in [0, 0.05) is 0 Å². The molecule has 0 aliphatic carbocycles. The Morgan fingerprint density at radius 3 is 1.78 bits per heavy atom. The molecule has 0 unspecified atom stereocenters. The van der Waals surface area contributed by atoms with E-state index < -0.39 is 5.97 Å². The molecule has 0 aliphatic heterocycles. The van der Waals surface area contributed by atoms with Gasteiger partial charge in [-0.3, -0.25) is 4.79 Å². The summed E-state index contributed by atoms with van der Waals surface area (Å²) in [6.45, 7) is 3.36. The lowest BCUT2D eigenvalue weighted by Gasteiger charge is -1.73. The first kappa shape index (κ1) is 10.9. The molecule has 0 bridgehead atoms. The molecule has 9 heavy (non-hydrogen) atoms. The van der Waals surface area contributed by atoms with E-state index >= 15 is 0 Å². The lowest BCUT2D eigenvalue weighted by Crippen LogP contribution is -2.10. The monoisotopic (exact) mass is 129 g/mol. The number of carbonyl (C=O) groups is 1. The van der Waals surface area contributed by atoms with Crippen LogP contribution in [0.15, 0.2) is 0 Å². The van der Waals surface area contributed by atoms with Crippen molar-refractivity contribution in [1.29, 1.82) is 0 Å². The third kappa shape index (κ3) is 44.0. The number of aliphatic carboxylic acids is 1. The van der Waals surface area contributed by atoms with Gasteiger partial charge in [-0.15, -0.1) is 11.8 Å². The van der Waals surface area contributed by atoms with Crippen molar-refractivity contribution < 1.29 is 9.90 Å². The highest BCUT2D eigenvalue weighted by Gasteiger charge is 1.81. The van der Waals surface area contributed by atoms with Crippen molar-refractivity contribution in [1.82, 2.24) is 0 Å². The molecule has 0 heterocycles. The van der Waals surface area contributed by atoms with Crippen LogP contribution in [0.25, 0.3) is 0 Å². The largest absolute Gasteiger partial charge is 0.480 e. The van der Waals surface area contributed by atoms with Gasteiger partial charge < -0.3 is 10.8 Å². The van der Waals surface area contributed by atoms with Crippen LogP contribution in [0.5, 0.6) is 0 Å². The van der Waals surface area contributed by atoms with Gasteiger partial charge in [-0.2, -0.15) is 0 Å². The van der Waals surface area contributed by atoms with Crippen LogP contribution in [-0.4, -0.2) is 17.6 Å². The van der Waals surface area contributed by atoms with Gasteiger partial charge in [-0.1, -0.05) is 0 Å². The molecule has 0 saturated heterocycles. The normalized spacial score (nSPS) is 5.67. The van der Waals surface area contributed by atoms with Crippen molar-refractivity contribution in [2.75, 3.05) is 6.54 Å². The van der Waals surface area contributed by atoms with Gasteiger partial charge in [-0.05, 0) is 13.8 Å². The van der Waals surface area contributed by atoms with E-state index in [1.54, 1.807) is 0 Å². The van der Waals surface area contributed by atoms with Gasteiger partial charge in [0.2, 0.25) is 0 Å². The van der Waals surface area contributed by atoms with Gasteiger partial charge in [0.15, 0.2) is 0 Å². The minimum absolute atomic E-state index is 0.278. The maximum Gasteiger partial charge on any atom is 0.317 e. The van der Waals surface area contributed by atoms with Gasteiger partial charge in [0.05, 0.1) is 6.54 Å². The summed E-state index contributed by atoms with van der Waals surface area (Å²) in [7, 11) is 0. The summed E-state index contributed by atoms with van der Waals surface area (Å²) >= 11 is 0. The highest BCUT2D eigenvalue weighted by Crippen LogP contribution is 1.43. The smallest absolute Gasteiger partial charge is 0.317 e. The second-order valence-electron chi connectivity index (χ2n) is 1.10. The van der Waals surface area contributed by atoms with Crippen LogP contribution in [0.4, 0.5) is 0 Å². The molecule has 0 saturated carbocycles. The maximum absolute atomic E-state index is 9.24. The van der Waals surface area contributed by atoms with Crippen molar-refractivity contribution in [2.45, 2.75) is 13.8 Å². The summed E-state index contributed by atoms with van der Waals surface area (Å²) in [6, 6.07) is 0. The van der Waals surface area contributed by atoms with Crippen LogP contribution in [0.3, 0.4) is 0 Å². The van der Waals surface area contributed by atoms with E-state index in [9.17, 15) is 4.79 Å². The van der Waals surface area contributed by atoms with Crippen LogP contribution in [-0.2, 0) is 4.79 Å². The molecule has 0 fully saturated rings. The van der Waals surface area contributed by atoms with Crippen molar-refractivity contribution in [3.63, 3.8) is 0 Å². The van der Waals surface area contributed by atoms with Gasteiger partial charge in [0.1, 0.15) is 0 Å². The van der Waals surface area contributed by atoms with E-state index in [2.05, 4.69) is 17.6 Å². The number of rotatable bonds is 1. The first-order valence-electron chi connectivity index (χ1n) is 2.44. The van der Waals surface area contributed by atoms with E-state index in [1.807, 2.05) is 13.8 Å². The van der Waals surface area contributed by atoms with Crippen molar-refractivity contribution in [2.24, 2.45) is 5.73 Å². The predicted octanol–water partition coefficient (Wildman–Crippen LogP) is 0.0593.